The van der Waals surface area contributed by atoms with Crippen LogP contribution in [0.2, 0.25) is 0 Å². The van der Waals surface area contributed by atoms with Crippen LogP contribution >= 0.6 is 0 Å². The van der Waals surface area contributed by atoms with Crippen molar-refractivity contribution in [2.75, 3.05) is 72.4 Å². The highest BCUT2D eigenvalue weighted by atomic mass is 16.5. The molecular weight excluding hydrogens is 660 g/mol. The van der Waals surface area contributed by atoms with E-state index in [2.05, 4.69) is 40.3 Å². The molecule has 0 radical (unpaired) electrons. The highest BCUT2D eigenvalue weighted by molar-refractivity contribution is 5.77. The largest absolute Gasteiger partial charge is 0.507 e. The van der Waals surface area contributed by atoms with Crippen molar-refractivity contribution in [1.29, 1.82) is 0 Å². The molecule has 4 aliphatic heterocycles. The van der Waals surface area contributed by atoms with Gasteiger partial charge < -0.3 is 39.7 Å². The summed E-state index contributed by atoms with van der Waals surface area (Å²) in [4.78, 5) is 31.0. The van der Waals surface area contributed by atoms with Gasteiger partial charge >= 0.3 is 5.97 Å². The second-order valence-corrected chi connectivity index (χ2v) is 15.8. The van der Waals surface area contributed by atoms with Crippen molar-refractivity contribution in [3.8, 4) is 17.0 Å². The second kappa shape index (κ2) is 12.9. The van der Waals surface area contributed by atoms with Crippen LogP contribution in [-0.2, 0) is 4.79 Å². The van der Waals surface area contributed by atoms with E-state index < -0.39 is 11.9 Å². The van der Waals surface area contributed by atoms with Gasteiger partial charge in [0.1, 0.15) is 11.7 Å². The van der Waals surface area contributed by atoms with Crippen molar-refractivity contribution in [1.82, 2.24) is 30.2 Å². The van der Waals surface area contributed by atoms with Crippen LogP contribution in [0.3, 0.4) is 0 Å². The van der Waals surface area contributed by atoms with Crippen molar-refractivity contribution in [2.45, 2.75) is 63.5 Å². The number of piperazine rings is 1. The summed E-state index contributed by atoms with van der Waals surface area (Å²) in [5.74, 6) is 1.85. The number of rotatable bonds is 8. The van der Waals surface area contributed by atoms with E-state index in [1.807, 2.05) is 50.5 Å². The van der Waals surface area contributed by atoms with Crippen molar-refractivity contribution in [3.05, 3.63) is 60.1 Å². The number of likely N-dealkylation sites (tertiary alicyclic amines) is 1. The van der Waals surface area contributed by atoms with Crippen LogP contribution in [0.25, 0.3) is 11.3 Å². The monoisotopic (exact) mass is 706 g/mol. The summed E-state index contributed by atoms with van der Waals surface area (Å²) in [7, 11) is 0. The minimum absolute atomic E-state index is 0.0595. The molecule has 2 unspecified atom stereocenters. The summed E-state index contributed by atoms with van der Waals surface area (Å²) in [6, 6.07) is 12.0. The number of benzene rings is 1. The maximum atomic E-state index is 11.7. The Balaban J connectivity index is 0.752. The summed E-state index contributed by atoms with van der Waals surface area (Å²) in [5, 5.41) is 36.5. The van der Waals surface area contributed by atoms with Crippen LogP contribution in [0, 0.1) is 11.3 Å². The summed E-state index contributed by atoms with van der Waals surface area (Å²) < 4.78 is 5.47. The third kappa shape index (κ3) is 5.86. The van der Waals surface area contributed by atoms with E-state index >= 15 is 0 Å². The highest BCUT2D eigenvalue weighted by Crippen LogP contribution is 2.52. The Morgan fingerprint density at radius 3 is 2.48 bits per heavy atom. The van der Waals surface area contributed by atoms with E-state index in [9.17, 15) is 15.0 Å². The Bertz CT molecular complexity index is 1930. The highest BCUT2D eigenvalue weighted by Gasteiger charge is 2.54. The lowest BCUT2D eigenvalue weighted by Crippen LogP contribution is -2.67. The lowest BCUT2D eigenvalue weighted by molar-refractivity contribution is -0.140. The van der Waals surface area contributed by atoms with Crippen molar-refractivity contribution >= 4 is 29.2 Å². The number of fused-ring (bicyclic) bond motifs is 3. The first-order chi connectivity index (χ1) is 25.2. The van der Waals surface area contributed by atoms with E-state index in [0.717, 1.165) is 88.5 Å². The van der Waals surface area contributed by atoms with Gasteiger partial charge in [0.25, 0.3) is 0 Å². The van der Waals surface area contributed by atoms with Gasteiger partial charge in [0.2, 0.25) is 5.95 Å². The molecule has 0 bridgehead atoms. The summed E-state index contributed by atoms with van der Waals surface area (Å²) >= 11 is 0. The Morgan fingerprint density at radius 1 is 0.981 bits per heavy atom. The number of para-hydroxylation sites is 1. The van der Waals surface area contributed by atoms with Gasteiger partial charge in [0.05, 0.1) is 17.4 Å². The first-order valence-corrected chi connectivity index (χ1v) is 18.7. The molecule has 9 rings (SSSR count). The van der Waals surface area contributed by atoms with Gasteiger partial charge in [0, 0.05) is 74.7 Å². The first-order valence-electron chi connectivity index (χ1n) is 18.7. The number of phenolic OH excluding ortho intramolecular Hbond substituents is 1. The third-order valence-electron chi connectivity index (χ3n) is 12.2. The standard InChI is InChI=1S/C38H46N10O4/c1-23(2)34(36(50)51)32-14-33(44-52-32)47-21-38(22-47)15-26(16-38)45-9-7-24(8-10-45)25-17-40-37(41-18-25)46-11-12-48-27(20-46)19-39-35-30(48)13-29(42-43-35)28-5-3-4-6-31(28)49/h3-6,13-14,17-18,23-24,26-27,34,49H,7-12,15-16,19-22H2,1-2H3,(H,39,43)(H,50,51). The number of carboxylic acids is 1. The zero-order valence-electron chi connectivity index (χ0n) is 29.7. The third-order valence-corrected chi connectivity index (χ3v) is 12.2. The number of nitrogens with one attached hydrogen (secondary N) is 1. The SMILES string of the molecule is CC(C)C(C(=O)O)c1cc(N2CC3(CC(N4CCC(c5cnc(N6CCN7c8cc(-c9ccccc9O)nnc8NCC7C6)nc5)CC4)C3)C2)no1. The number of hydrogen-bond donors (Lipinski definition) is 3. The fourth-order valence-electron chi connectivity index (χ4n) is 9.29. The summed E-state index contributed by atoms with van der Waals surface area (Å²) in [5.41, 5.74) is 3.93. The quantitative estimate of drug-likeness (QED) is 0.236. The number of nitrogens with zero attached hydrogens (tertiary/aromatic N) is 9. The van der Waals surface area contributed by atoms with E-state index in [0.29, 0.717) is 34.4 Å². The number of anilines is 4. The average Bonchev–Trinajstić information content (AvgIpc) is 3.59. The number of piperidine rings is 1. The Morgan fingerprint density at radius 2 is 1.75 bits per heavy atom. The number of carboxylic acid groups (broad SMARTS) is 1. The molecule has 52 heavy (non-hydrogen) atoms. The molecule has 4 fully saturated rings. The minimum Gasteiger partial charge on any atom is -0.507 e. The summed E-state index contributed by atoms with van der Waals surface area (Å²) in [6.07, 6.45) is 8.76. The Kier molecular flexibility index (Phi) is 8.16. The van der Waals surface area contributed by atoms with Gasteiger partial charge in [-0.15, -0.1) is 10.2 Å². The van der Waals surface area contributed by atoms with Gasteiger partial charge in [-0.05, 0) is 74.4 Å². The molecule has 1 saturated carbocycles. The van der Waals surface area contributed by atoms with Crippen LogP contribution in [0.5, 0.6) is 5.75 Å². The van der Waals surface area contributed by atoms with Gasteiger partial charge in [-0.2, -0.15) is 0 Å². The molecule has 0 amide bonds. The molecule has 2 atom stereocenters. The maximum absolute atomic E-state index is 11.7. The van der Waals surface area contributed by atoms with Crippen molar-refractivity contribution in [3.63, 3.8) is 0 Å². The van der Waals surface area contributed by atoms with Crippen LogP contribution in [0.15, 0.2) is 53.3 Å². The average molecular weight is 707 g/mol. The van der Waals surface area contributed by atoms with Crippen LogP contribution in [-0.4, -0.2) is 111 Å². The molecule has 14 nitrogen and oxygen atoms in total. The molecule has 1 aliphatic carbocycles. The van der Waals surface area contributed by atoms with Gasteiger partial charge in [0.15, 0.2) is 17.4 Å². The number of aromatic nitrogens is 5. The molecule has 4 aromatic rings. The molecule has 7 heterocycles. The second-order valence-electron chi connectivity index (χ2n) is 15.8. The van der Waals surface area contributed by atoms with Crippen molar-refractivity contribution < 1.29 is 19.5 Å². The maximum Gasteiger partial charge on any atom is 0.314 e. The first kappa shape index (κ1) is 32.9. The number of carbonyl (C=O) groups is 1. The van der Waals surface area contributed by atoms with E-state index in [-0.39, 0.29) is 17.7 Å². The summed E-state index contributed by atoms with van der Waals surface area (Å²) in [6.45, 7) is 11.1. The van der Waals surface area contributed by atoms with E-state index in [1.54, 1.807) is 12.1 Å². The predicted octanol–water partition coefficient (Wildman–Crippen LogP) is 4.42. The fourth-order valence-corrected chi connectivity index (χ4v) is 9.29. The van der Waals surface area contributed by atoms with Crippen LogP contribution in [0.4, 0.5) is 23.3 Å². The molecule has 1 spiro atoms. The van der Waals surface area contributed by atoms with E-state index in [4.69, 9.17) is 14.5 Å². The van der Waals surface area contributed by atoms with Crippen LogP contribution < -0.4 is 20.0 Å². The number of aliphatic carboxylic acids is 1. The lowest BCUT2D eigenvalue weighted by Gasteiger charge is -2.61. The lowest BCUT2D eigenvalue weighted by atomic mass is 9.60. The zero-order valence-corrected chi connectivity index (χ0v) is 29.7. The van der Waals surface area contributed by atoms with E-state index in [1.165, 1.54) is 18.4 Å². The molecule has 14 heteroatoms. The topological polar surface area (TPSA) is 160 Å². The minimum atomic E-state index is -0.870. The fraction of sp³-hybridized carbons (Fsp3) is 0.526. The molecule has 272 valence electrons. The Labute approximate surface area is 302 Å². The zero-order chi connectivity index (χ0) is 35.6. The van der Waals surface area contributed by atoms with Gasteiger partial charge in [-0.1, -0.05) is 31.1 Å². The molecular formula is C38H46N10O4. The predicted molar refractivity (Wildman–Crippen MR) is 196 cm³/mol. The molecule has 3 aromatic heterocycles. The normalized spacial score (nSPS) is 22.4. The molecule has 5 aliphatic rings. The van der Waals surface area contributed by atoms with Crippen molar-refractivity contribution in [2.24, 2.45) is 11.3 Å². The van der Waals surface area contributed by atoms with Gasteiger partial charge in [-0.3, -0.25) is 4.79 Å². The smallest absolute Gasteiger partial charge is 0.314 e. The number of phenols is 1. The Hall–Kier alpha value is -4.98. The number of aromatic hydroxyl groups is 1. The molecule has 3 saturated heterocycles. The van der Waals surface area contributed by atoms with Crippen LogP contribution in [0.1, 0.15) is 62.7 Å². The molecule has 3 N–H and O–H groups in total. The number of hydrogen-bond acceptors (Lipinski definition) is 13. The molecule has 1 aromatic carbocycles. The van der Waals surface area contributed by atoms with Gasteiger partial charge in [-0.25, -0.2) is 9.97 Å².